The highest BCUT2D eigenvalue weighted by Gasteiger charge is 2.26. The number of aromatic nitrogens is 5. The summed E-state index contributed by atoms with van der Waals surface area (Å²) >= 11 is 1.81. The standard InChI is InChI=1S/C59H33N5OS/c1-3-15-36-32-49-43(29-34(36)13-1)44-30-35-14-2-4-16-37(35)33-50(44)63(49)48-26-27-52-55(42-20-7-11-23-51(42)65-52)56(48)58-60-57(38-25-28-54-45(31-38)41-19-8-12-24-53(41)66-54)61-59(62-58)64-46-21-9-5-17-39(46)40-18-6-10-22-47(40)64/h1-33H. The van der Waals surface area contributed by atoms with Crippen LogP contribution in [0.25, 0.3) is 142 Å². The van der Waals surface area contributed by atoms with Crippen molar-refractivity contribution in [3.63, 3.8) is 0 Å². The number of nitrogens with zero attached hydrogens (tertiary/aromatic N) is 5. The maximum atomic E-state index is 6.71. The number of fused-ring (bicyclic) bond motifs is 14. The van der Waals surface area contributed by atoms with Gasteiger partial charge in [0, 0.05) is 58.1 Å². The first kappa shape index (κ1) is 35.8. The quantitative estimate of drug-likeness (QED) is 0.177. The van der Waals surface area contributed by atoms with E-state index in [0.29, 0.717) is 17.6 Å². The predicted molar refractivity (Wildman–Crippen MR) is 275 cm³/mol. The lowest BCUT2D eigenvalue weighted by molar-refractivity contribution is 0.669. The zero-order chi connectivity index (χ0) is 43.0. The lowest BCUT2D eigenvalue weighted by atomic mass is 10.0. The minimum atomic E-state index is 0.539. The van der Waals surface area contributed by atoms with Crippen LogP contribution < -0.4 is 0 Å². The van der Waals surface area contributed by atoms with E-state index in [4.69, 9.17) is 19.4 Å². The summed E-state index contributed by atoms with van der Waals surface area (Å²) in [5.74, 6) is 1.68. The maximum Gasteiger partial charge on any atom is 0.238 e. The molecule has 0 saturated heterocycles. The molecule has 0 unspecified atom stereocenters. The van der Waals surface area contributed by atoms with Gasteiger partial charge in [-0.2, -0.15) is 9.97 Å². The van der Waals surface area contributed by atoms with Crippen LogP contribution in [-0.2, 0) is 0 Å². The van der Waals surface area contributed by atoms with E-state index in [1.54, 1.807) is 11.3 Å². The minimum absolute atomic E-state index is 0.539. The summed E-state index contributed by atoms with van der Waals surface area (Å²) in [6, 6.07) is 71.5. The Kier molecular flexibility index (Phi) is 7.28. The van der Waals surface area contributed by atoms with Gasteiger partial charge < -0.3 is 8.98 Å². The van der Waals surface area contributed by atoms with Crippen LogP contribution in [-0.4, -0.2) is 24.1 Å². The van der Waals surface area contributed by atoms with Crippen LogP contribution >= 0.6 is 11.3 Å². The van der Waals surface area contributed by atoms with Crippen LogP contribution in [0.4, 0.5) is 0 Å². The van der Waals surface area contributed by atoms with E-state index in [2.05, 4.69) is 197 Å². The van der Waals surface area contributed by atoms with Crippen LogP contribution in [0.5, 0.6) is 0 Å². The average molecular weight is 860 g/mol. The topological polar surface area (TPSA) is 61.7 Å². The highest BCUT2D eigenvalue weighted by atomic mass is 32.1. The fourth-order valence-corrected chi connectivity index (χ4v) is 11.7. The molecular weight excluding hydrogens is 827 g/mol. The average Bonchev–Trinajstić information content (AvgIpc) is 4.12. The molecule has 0 aliphatic heterocycles. The van der Waals surface area contributed by atoms with Crippen LogP contribution in [0.2, 0.25) is 0 Å². The molecule has 0 saturated carbocycles. The van der Waals surface area contributed by atoms with Crippen LogP contribution in [0, 0.1) is 0 Å². The highest BCUT2D eigenvalue weighted by molar-refractivity contribution is 7.25. The van der Waals surface area contributed by atoms with Crippen molar-refractivity contribution in [2.45, 2.75) is 0 Å². The molecule has 0 aliphatic rings. The third kappa shape index (κ3) is 5.08. The van der Waals surface area contributed by atoms with E-state index >= 15 is 0 Å². The number of benzene rings is 10. The Hall–Kier alpha value is -8.65. The lowest BCUT2D eigenvalue weighted by Gasteiger charge is -2.16. The van der Waals surface area contributed by atoms with Gasteiger partial charge in [-0.3, -0.25) is 4.57 Å². The van der Waals surface area contributed by atoms with Gasteiger partial charge in [-0.1, -0.05) is 121 Å². The summed E-state index contributed by atoms with van der Waals surface area (Å²) < 4.78 is 13.8. The van der Waals surface area contributed by atoms with Gasteiger partial charge in [-0.05, 0) is 100 Å². The second-order valence-electron chi connectivity index (χ2n) is 17.2. The number of rotatable bonds is 4. The van der Waals surface area contributed by atoms with E-state index in [1.807, 2.05) is 12.1 Å². The third-order valence-corrected chi connectivity index (χ3v) is 14.7. The SMILES string of the molecule is c1ccc2cc3c(cc2c1)c1cc2ccccc2cc1n3-c1ccc2oc3ccccc3c2c1-c1nc(-c2ccc3sc4ccccc4c3c2)nc(-n2c3ccccc3c3ccccc32)n1. The molecule has 7 heteroatoms. The van der Waals surface area contributed by atoms with Crippen molar-refractivity contribution in [1.29, 1.82) is 0 Å². The molecule has 5 aromatic heterocycles. The molecule has 15 rings (SSSR count). The molecule has 6 nitrogen and oxygen atoms in total. The smallest absolute Gasteiger partial charge is 0.238 e. The molecule has 0 N–H and O–H groups in total. The van der Waals surface area contributed by atoms with E-state index in [-0.39, 0.29) is 0 Å². The zero-order valence-corrected chi connectivity index (χ0v) is 35.9. The zero-order valence-electron chi connectivity index (χ0n) is 35.1. The van der Waals surface area contributed by atoms with Gasteiger partial charge in [-0.25, -0.2) is 4.98 Å². The molecule has 0 radical (unpaired) electrons. The van der Waals surface area contributed by atoms with Crippen molar-refractivity contribution in [3.8, 4) is 34.4 Å². The molecule has 306 valence electrons. The van der Waals surface area contributed by atoms with E-state index in [1.165, 1.54) is 52.5 Å². The predicted octanol–water partition coefficient (Wildman–Crippen LogP) is 16.0. The monoisotopic (exact) mass is 859 g/mol. The van der Waals surface area contributed by atoms with Gasteiger partial charge in [0.25, 0.3) is 0 Å². The maximum absolute atomic E-state index is 6.71. The number of hydrogen-bond donors (Lipinski definition) is 0. The second kappa shape index (κ2) is 13.4. The number of para-hydroxylation sites is 3. The Balaban J connectivity index is 1.11. The molecule has 0 atom stereocenters. The minimum Gasteiger partial charge on any atom is -0.456 e. The Labute approximate surface area is 379 Å². The number of hydrogen-bond acceptors (Lipinski definition) is 5. The van der Waals surface area contributed by atoms with Crippen LogP contribution in [0.3, 0.4) is 0 Å². The third-order valence-electron chi connectivity index (χ3n) is 13.5. The molecule has 0 aliphatic carbocycles. The van der Waals surface area contributed by atoms with Crippen molar-refractivity contribution < 1.29 is 4.42 Å². The molecule has 66 heavy (non-hydrogen) atoms. The van der Waals surface area contributed by atoms with Crippen molar-refractivity contribution >= 4 is 119 Å². The van der Waals surface area contributed by atoms with Gasteiger partial charge in [0.15, 0.2) is 11.6 Å². The van der Waals surface area contributed by atoms with E-state index < -0.39 is 0 Å². The fraction of sp³-hybridized carbons (Fsp3) is 0. The van der Waals surface area contributed by atoms with Crippen LogP contribution in [0.15, 0.2) is 205 Å². The Morgan fingerprint density at radius 1 is 0.364 bits per heavy atom. The molecule has 10 aromatic carbocycles. The first-order valence-corrected chi connectivity index (χ1v) is 23.0. The summed E-state index contributed by atoms with van der Waals surface area (Å²) in [5, 5.41) is 13.7. The molecule has 0 spiro atoms. The summed E-state index contributed by atoms with van der Waals surface area (Å²) in [5.41, 5.74) is 8.53. The summed E-state index contributed by atoms with van der Waals surface area (Å²) in [4.78, 5) is 16.7. The Morgan fingerprint density at radius 3 is 1.62 bits per heavy atom. The van der Waals surface area contributed by atoms with E-state index in [0.717, 1.165) is 71.6 Å². The largest absolute Gasteiger partial charge is 0.456 e. The van der Waals surface area contributed by atoms with Gasteiger partial charge in [-0.15, -0.1) is 11.3 Å². The molecule has 5 heterocycles. The fourth-order valence-electron chi connectivity index (χ4n) is 10.6. The van der Waals surface area contributed by atoms with Crippen molar-refractivity contribution in [2.75, 3.05) is 0 Å². The molecule has 0 fully saturated rings. The van der Waals surface area contributed by atoms with Crippen molar-refractivity contribution in [1.82, 2.24) is 24.1 Å². The van der Waals surface area contributed by atoms with Gasteiger partial charge in [0.05, 0.1) is 33.3 Å². The first-order valence-electron chi connectivity index (χ1n) is 22.2. The second-order valence-corrected chi connectivity index (χ2v) is 18.2. The molecule has 0 amide bonds. The highest BCUT2D eigenvalue weighted by Crippen LogP contribution is 2.45. The molecule has 0 bridgehead atoms. The van der Waals surface area contributed by atoms with E-state index in [9.17, 15) is 0 Å². The van der Waals surface area contributed by atoms with Gasteiger partial charge >= 0.3 is 0 Å². The van der Waals surface area contributed by atoms with Gasteiger partial charge in [0.1, 0.15) is 11.2 Å². The molecular formula is C59H33N5OS. The van der Waals surface area contributed by atoms with Crippen molar-refractivity contribution in [2.24, 2.45) is 0 Å². The Morgan fingerprint density at radius 2 is 0.924 bits per heavy atom. The summed E-state index contributed by atoms with van der Waals surface area (Å²) in [6.45, 7) is 0. The molecule has 15 aromatic rings. The normalized spacial score (nSPS) is 12.2. The first-order chi connectivity index (χ1) is 32.7. The van der Waals surface area contributed by atoms with Gasteiger partial charge in [0.2, 0.25) is 5.95 Å². The summed E-state index contributed by atoms with van der Waals surface area (Å²) in [7, 11) is 0. The van der Waals surface area contributed by atoms with Crippen molar-refractivity contribution in [3.05, 3.63) is 200 Å². The number of thiophene rings is 1. The van der Waals surface area contributed by atoms with Crippen LogP contribution in [0.1, 0.15) is 0 Å². The summed E-state index contributed by atoms with van der Waals surface area (Å²) in [6.07, 6.45) is 0. The Bertz CT molecular complexity index is 4400. The lowest BCUT2D eigenvalue weighted by Crippen LogP contribution is -2.08. The number of furan rings is 1.